The minimum Gasteiger partial charge on any atom is -0.393 e. The van der Waals surface area contributed by atoms with Crippen LogP contribution in [0.1, 0.15) is 54.0 Å². The van der Waals surface area contributed by atoms with E-state index in [-0.39, 0.29) is 6.10 Å². The van der Waals surface area contributed by atoms with Crippen molar-refractivity contribution in [1.29, 1.82) is 5.26 Å². The van der Waals surface area contributed by atoms with E-state index in [9.17, 15) is 10.4 Å². The molecular formula is C25H27N3O. The summed E-state index contributed by atoms with van der Waals surface area (Å²) in [4.78, 5) is 0. The number of anilines is 1. The summed E-state index contributed by atoms with van der Waals surface area (Å²) in [5.74, 6) is 0. The number of fused-ring (bicyclic) bond motifs is 2. The van der Waals surface area contributed by atoms with Crippen LogP contribution in [0.15, 0.2) is 30.5 Å². The second kappa shape index (κ2) is 6.93. The number of nitrogens with zero attached hydrogens (tertiary/aromatic N) is 2. The van der Waals surface area contributed by atoms with Gasteiger partial charge in [-0.25, -0.2) is 0 Å². The van der Waals surface area contributed by atoms with Crippen LogP contribution in [-0.2, 0) is 6.42 Å². The number of nitriles is 1. The lowest BCUT2D eigenvalue weighted by Gasteiger charge is -2.27. The van der Waals surface area contributed by atoms with Crippen molar-refractivity contribution in [2.24, 2.45) is 0 Å². The molecule has 4 heteroatoms. The predicted octanol–water partition coefficient (Wildman–Crippen LogP) is 5.24. The summed E-state index contributed by atoms with van der Waals surface area (Å²) >= 11 is 0. The molecule has 3 aromatic rings. The monoisotopic (exact) mass is 385 g/mol. The van der Waals surface area contributed by atoms with E-state index < -0.39 is 0 Å². The van der Waals surface area contributed by atoms with Crippen LogP contribution in [0.2, 0.25) is 0 Å². The molecule has 0 unspecified atom stereocenters. The van der Waals surface area contributed by atoms with Crippen LogP contribution < -0.4 is 5.32 Å². The number of aryl methyl sites for hydroxylation is 1. The molecule has 0 amide bonds. The third-order valence-corrected chi connectivity index (χ3v) is 6.90. The molecule has 0 atom stereocenters. The Kier molecular flexibility index (Phi) is 4.37. The maximum Gasteiger partial charge on any atom is 0.0994 e. The van der Waals surface area contributed by atoms with Gasteiger partial charge in [-0.05, 0) is 80.3 Å². The van der Waals surface area contributed by atoms with Crippen molar-refractivity contribution in [3.63, 3.8) is 0 Å². The first-order chi connectivity index (χ1) is 14.1. The zero-order valence-electron chi connectivity index (χ0n) is 17.1. The normalized spacial score (nSPS) is 21.0. The van der Waals surface area contributed by atoms with Crippen LogP contribution in [0.3, 0.4) is 0 Å². The summed E-state index contributed by atoms with van der Waals surface area (Å²) in [6.07, 6.45) is 6.91. The first-order valence-electron chi connectivity index (χ1n) is 10.7. The SMILES string of the molecule is Cc1cc2c(cc1C#N)c(-c1ccc3c(c1C)NCC3)cn2[C@H]1CC[C@H](O)CC1. The van der Waals surface area contributed by atoms with Gasteiger partial charge in [0.15, 0.2) is 0 Å². The summed E-state index contributed by atoms with van der Waals surface area (Å²) in [7, 11) is 0. The molecule has 2 heterocycles. The number of aliphatic hydroxyl groups excluding tert-OH is 1. The minimum atomic E-state index is -0.162. The lowest BCUT2D eigenvalue weighted by atomic mass is 9.93. The Morgan fingerprint density at radius 2 is 1.90 bits per heavy atom. The van der Waals surface area contributed by atoms with E-state index in [0.717, 1.165) is 55.2 Å². The number of hydrogen-bond acceptors (Lipinski definition) is 3. The Bertz CT molecular complexity index is 1140. The van der Waals surface area contributed by atoms with Gasteiger partial charge in [-0.2, -0.15) is 5.26 Å². The second-order valence-electron chi connectivity index (χ2n) is 8.66. The van der Waals surface area contributed by atoms with Crippen LogP contribution >= 0.6 is 0 Å². The molecule has 2 aliphatic rings. The lowest BCUT2D eigenvalue weighted by molar-refractivity contribution is 0.111. The van der Waals surface area contributed by atoms with E-state index in [1.54, 1.807) is 0 Å². The van der Waals surface area contributed by atoms with Gasteiger partial charge in [0.05, 0.1) is 17.7 Å². The summed E-state index contributed by atoms with van der Waals surface area (Å²) in [5, 5.41) is 24.3. The van der Waals surface area contributed by atoms with Gasteiger partial charge in [0, 0.05) is 40.9 Å². The van der Waals surface area contributed by atoms with Gasteiger partial charge in [0.25, 0.3) is 0 Å². The molecule has 0 saturated heterocycles. The van der Waals surface area contributed by atoms with Crippen molar-refractivity contribution >= 4 is 16.6 Å². The first kappa shape index (κ1) is 18.3. The molecular weight excluding hydrogens is 358 g/mol. The average molecular weight is 386 g/mol. The molecule has 4 nitrogen and oxygen atoms in total. The van der Waals surface area contributed by atoms with Crippen molar-refractivity contribution in [3.8, 4) is 17.2 Å². The summed E-state index contributed by atoms with van der Waals surface area (Å²) in [6, 6.07) is 11.5. The van der Waals surface area contributed by atoms with Gasteiger partial charge < -0.3 is 15.0 Å². The van der Waals surface area contributed by atoms with Gasteiger partial charge in [-0.15, -0.1) is 0 Å². The molecule has 2 aromatic carbocycles. The van der Waals surface area contributed by atoms with Gasteiger partial charge in [0.2, 0.25) is 0 Å². The van der Waals surface area contributed by atoms with Gasteiger partial charge in [-0.3, -0.25) is 0 Å². The maximum atomic E-state index is 9.96. The fourth-order valence-electron chi connectivity index (χ4n) is 5.21. The summed E-state index contributed by atoms with van der Waals surface area (Å²) < 4.78 is 2.41. The molecule has 1 aromatic heterocycles. The van der Waals surface area contributed by atoms with Crippen molar-refractivity contribution in [2.75, 3.05) is 11.9 Å². The topological polar surface area (TPSA) is 61.0 Å². The molecule has 0 bridgehead atoms. The Morgan fingerprint density at radius 1 is 1.10 bits per heavy atom. The van der Waals surface area contributed by atoms with Gasteiger partial charge >= 0.3 is 0 Å². The van der Waals surface area contributed by atoms with E-state index >= 15 is 0 Å². The number of aromatic nitrogens is 1. The largest absolute Gasteiger partial charge is 0.393 e. The number of aliphatic hydroxyl groups is 1. The molecule has 2 N–H and O–H groups in total. The van der Waals surface area contributed by atoms with Crippen LogP contribution in [0, 0.1) is 25.2 Å². The zero-order chi connectivity index (χ0) is 20.1. The first-order valence-corrected chi connectivity index (χ1v) is 10.7. The number of benzene rings is 2. The third-order valence-electron chi connectivity index (χ3n) is 6.90. The van der Waals surface area contributed by atoms with Gasteiger partial charge in [0.1, 0.15) is 0 Å². The predicted molar refractivity (Wildman–Crippen MR) is 117 cm³/mol. The Hall–Kier alpha value is -2.77. The Balaban J connectivity index is 1.72. The Morgan fingerprint density at radius 3 is 2.66 bits per heavy atom. The number of nitrogens with one attached hydrogen (secondary N) is 1. The quantitative estimate of drug-likeness (QED) is 0.634. The number of hydrogen-bond donors (Lipinski definition) is 2. The molecule has 0 spiro atoms. The smallest absolute Gasteiger partial charge is 0.0994 e. The average Bonchev–Trinajstić information content (AvgIpc) is 3.34. The fraction of sp³-hybridized carbons (Fsp3) is 0.400. The van der Waals surface area contributed by atoms with E-state index in [1.165, 1.54) is 33.5 Å². The highest BCUT2D eigenvalue weighted by atomic mass is 16.3. The van der Waals surface area contributed by atoms with Gasteiger partial charge in [-0.1, -0.05) is 12.1 Å². The van der Waals surface area contributed by atoms with Crippen LogP contribution in [0.25, 0.3) is 22.0 Å². The van der Waals surface area contributed by atoms with Crippen molar-refractivity contribution < 1.29 is 5.11 Å². The highest BCUT2D eigenvalue weighted by molar-refractivity contribution is 5.99. The van der Waals surface area contributed by atoms with E-state index in [0.29, 0.717) is 6.04 Å². The Labute approximate surface area is 171 Å². The van der Waals surface area contributed by atoms with E-state index in [1.807, 2.05) is 6.92 Å². The van der Waals surface area contributed by atoms with E-state index in [4.69, 9.17) is 0 Å². The standard InChI is InChI=1S/C25H27N3O/c1-15-11-24-22(12-18(15)13-26)23(14-28(24)19-4-6-20(29)7-5-19)21-8-3-17-9-10-27-25(17)16(21)2/h3,8,11-12,14,19-20,27,29H,4-7,9-10H2,1-2H3/t19-,20-. The van der Waals surface area contributed by atoms with Crippen molar-refractivity contribution in [1.82, 2.24) is 4.57 Å². The highest BCUT2D eigenvalue weighted by Crippen LogP contribution is 2.41. The van der Waals surface area contributed by atoms with E-state index in [2.05, 4.69) is 53.3 Å². The molecule has 1 aliphatic carbocycles. The molecule has 0 radical (unpaired) electrons. The molecule has 1 saturated carbocycles. The number of rotatable bonds is 2. The lowest BCUT2D eigenvalue weighted by Crippen LogP contribution is -2.20. The fourth-order valence-corrected chi connectivity index (χ4v) is 5.21. The molecule has 148 valence electrons. The highest BCUT2D eigenvalue weighted by Gasteiger charge is 2.25. The van der Waals surface area contributed by atoms with Crippen molar-refractivity contribution in [3.05, 3.63) is 52.7 Å². The molecule has 1 fully saturated rings. The zero-order valence-corrected chi connectivity index (χ0v) is 17.1. The second-order valence-corrected chi connectivity index (χ2v) is 8.66. The molecule has 5 rings (SSSR count). The van der Waals surface area contributed by atoms with Crippen molar-refractivity contribution in [2.45, 2.75) is 58.1 Å². The maximum absolute atomic E-state index is 9.96. The third kappa shape index (κ3) is 2.92. The molecule has 1 aliphatic heterocycles. The summed E-state index contributed by atoms with van der Waals surface area (Å²) in [6.45, 7) is 5.22. The van der Waals surface area contributed by atoms with Crippen LogP contribution in [0.5, 0.6) is 0 Å². The molecule has 29 heavy (non-hydrogen) atoms. The summed E-state index contributed by atoms with van der Waals surface area (Å²) in [5.41, 5.74) is 9.37. The minimum absolute atomic E-state index is 0.162. The van der Waals surface area contributed by atoms with Crippen LogP contribution in [-0.4, -0.2) is 22.3 Å². The van der Waals surface area contributed by atoms with Crippen LogP contribution in [0.4, 0.5) is 5.69 Å².